The van der Waals surface area contributed by atoms with Gasteiger partial charge in [0.15, 0.2) is 0 Å². The van der Waals surface area contributed by atoms with Gasteiger partial charge in [0.2, 0.25) is 0 Å². The molecule has 1 aliphatic rings. The number of ether oxygens (including phenoxy) is 1. The molecule has 0 aromatic heterocycles. The lowest BCUT2D eigenvalue weighted by Crippen LogP contribution is -2.49. The van der Waals surface area contributed by atoms with Crippen LogP contribution in [0.5, 0.6) is 5.75 Å². The van der Waals surface area contributed by atoms with Crippen molar-refractivity contribution in [1.82, 2.24) is 15.5 Å². The average molecular weight is 439 g/mol. The minimum absolute atomic E-state index is 0.0308. The zero-order valence-electron chi connectivity index (χ0n) is 16.9. The zero-order valence-corrected chi connectivity index (χ0v) is 16.9. The Labute approximate surface area is 178 Å². The van der Waals surface area contributed by atoms with Crippen LogP contribution in [0.3, 0.4) is 0 Å². The average Bonchev–Trinajstić information content (AvgIpc) is 2.77. The van der Waals surface area contributed by atoms with Crippen molar-refractivity contribution in [2.24, 2.45) is 0 Å². The van der Waals surface area contributed by atoms with Gasteiger partial charge in [-0.15, -0.1) is 0 Å². The van der Waals surface area contributed by atoms with Crippen molar-refractivity contribution in [2.75, 3.05) is 19.7 Å². The molecule has 1 fully saturated rings. The van der Waals surface area contributed by atoms with E-state index in [2.05, 4.69) is 10.6 Å². The topological polar surface area (TPSA) is 53.6 Å². The van der Waals surface area contributed by atoms with Crippen LogP contribution in [-0.2, 0) is 13.1 Å². The molecule has 2 N–H and O–H groups in total. The summed E-state index contributed by atoms with van der Waals surface area (Å²) in [6, 6.07) is 9.38. The van der Waals surface area contributed by atoms with Crippen LogP contribution in [0.4, 0.5) is 22.4 Å². The second-order valence-corrected chi connectivity index (χ2v) is 7.35. The molecule has 1 saturated heterocycles. The van der Waals surface area contributed by atoms with E-state index in [1.807, 2.05) is 0 Å². The van der Waals surface area contributed by atoms with Gasteiger partial charge in [-0.05, 0) is 49.7 Å². The Bertz CT molecular complexity index is 858. The number of alkyl halides is 2. The number of nitrogens with one attached hydrogen (secondary N) is 2. The summed E-state index contributed by atoms with van der Waals surface area (Å²) in [5.74, 6) is -1.04. The number of carbonyl (C=O) groups excluding carboxylic acids is 1. The zero-order chi connectivity index (χ0) is 22.2. The molecule has 2 aromatic rings. The lowest BCUT2D eigenvalue weighted by atomic mass is 10.0. The van der Waals surface area contributed by atoms with Crippen LogP contribution in [0.25, 0.3) is 0 Å². The summed E-state index contributed by atoms with van der Waals surface area (Å²) >= 11 is 0. The van der Waals surface area contributed by atoms with E-state index in [9.17, 15) is 22.4 Å². The molecule has 0 aliphatic carbocycles. The summed E-state index contributed by atoms with van der Waals surface area (Å²) in [7, 11) is 0. The molecule has 0 atom stereocenters. The van der Waals surface area contributed by atoms with Crippen LogP contribution in [0.1, 0.15) is 24.0 Å². The smallest absolute Gasteiger partial charge is 0.318 e. The van der Waals surface area contributed by atoms with Crippen molar-refractivity contribution in [3.63, 3.8) is 0 Å². The highest BCUT2D eigenvalue weighted by molar-refractivity contribution is 5.74. The predicted molar refractivity (Wildman–Crippen MR) is 108 cm³/mol. The number of hydrogen-bond donors (Lipinski definition) is 2. The second-order valence-electron chi connectivity index (χ2n) is 7.35. The van der Waals surface area contributed by atoms with Gasteiger partial charge in [-0.25, -0.2) is 22.4 Å². The fourth-order valence-electron chi connectivity index (χ4n) is 3.46. The van der Waals surface area contributed by atoms with E-state index in [0.29, 0.717) is 5.75 Å². The largest absolute Gasteiger partial charge is 0.488 e. The number of carbonyl (C=O) groups is 1. The summed E-state index contributed by atoms with van der Waals surface area (Å²) in [5, 5.41) is 6.06. The van der Waals surface area contributed by atoms with Crippen molar-refractivity contribution in [3.8, 4) is 5.75 Å². The van der Waals surface area contributed by atoms with Crippen molar-refractivity contribution >= 4 is 6.03 Å². The lowest BCUT2D eigenvalue weighted by Gasteiger charge is -2.35. The molecule has 3 rings (SSSR count). The maximum atomic E-state index is 14.2. The Morgan fingerprint density at radius 1 is 1.13 bits per heavy atom. The summed E-state index contributed by atoms with van der Waals surface area (Å²) in [6.07, 6.45) is -1.09. The molecule has 2 aromatic carbocycles. The quantitative estimate of drug-likeness (QED) is 0.610. The normalized spacial score (nSPS) is 14.5. The first-order valence-electron chi connectivity index (χ1n) is 10.1. The first-order valence-corrected chi connectivity index (χ1v) is 10.1. The third kappa shape index (κ3) is 6.85. The molecule has 1 aliphatic heterocycles. The fourth-order valence-corrected chi connectivity index (χ4v) is 3.46. The van der Waals surface area contributed by atoms with E-state index < -0.39 is 24.7 Å². The Hall–Kier alpha value is -2.81. The maximum Gasteiger partial charge on any atom is 0.318 e. The fraction of sp³-hybridized carbons (Fsp3) is 0.409. The summed E-state index contributed by atoms with van der Waals surface area (Å²) in [6.45, 7) is 1.06. The molecule has 0 saturated carbocycles. The number of rotatable bonds is 8. The van der Waals surface area contributed by atoms with Crippen molar-refractivity contribution in [3.05, 3.63) is 65.2 Å². The van der Waals surface area contributed by atoms with E-state index in [1.54, 1.807) is 29.2 Å². The molecule has 31 heavy (non-hydrogen) atoms. The van der Waals surface area contributed by atoms with Gasteiger partial charge in [0, 0.05) is 24.2 Å². The molecule has 1 heterocycles. The van der Waals surface area contributed by atoms with E-state index in [1.165, 1.54) is 12.1 Å². The standard InChI is InChI=1S/C22H25F4N3O2/c23-17-4-3-16(20(24)11-17)13-29(18-7-9-27-10-8-18)22(30)28-12-15-1-5-19(6-2-15)31-14-21(25)26/h1-6,11,18,21,27H,7-10,12-14H2,(H,28,30). The third-order valence-corrected chi connectivity index (χ3v) is 5.11. The molecular formula is C22H25F4N3O2. The Morgan fingerprint density at radius 2 is 1.84 bits per heavy atom. The molecular weight excluding hydrogens is 414 g/mol. The summed E-state index contributed by atoms with van der Waals surface area (Å²) < 4.78 is 56.8. The molecule has 0 radical (unpaired) electrons. The van der Waals surface area contributed by atoms with Crippen LogP contribution < -0.4 is 15.4 Å². The van der Waals surface area contributed by atoms with Crippen LogP contribution >= 0.6 is 0 Å². The number of hydrogen-bond acceptors (Lipinski definition) is 3. The number of urea groups is 1. The van der Waals surface area contributed by atoms with Gasteiger partial charge in [-0.2, -0.15) is 0 Å². The van der Waals surface area contributed by atoms with Crippen molar-refractivity contribution in [1.29, 1.82) is 0 Å². The van der Waals surface area contributed by atoms with Gasteiger partial charge in [0.1, 0.15) is 24.0 Å². The van der Waals surface area contributed by atoms with Crippen LogP contribution in [-0.4, -0.2) is 43.1 Å². The SMILES string of the molecule is O=C(NCc1ccc(OCC(F)F)cc1)N(Cc1ccc(F)cc1F)C1CCNCC1. The number of piperidine rings is 1. The molecule has 168 valence electrons. The molecule has 0 unspecified atom stereocenters. The summed E-state index contributed by atoms with van der Waals surface area (Å²) in [5.41, 5.74) is 1.01. The maximum absolute atomic E-state index is 14.2. The van der Waals surface area contributed by atoms with E-state index in [0.717, 1.165) is 37.6 Å². The van der Waals surface area contributed by atoms with Crippen molar-refractivity contribution in [2.45, 2.75) is 38.4 Å². The van der Waals surface area contributed by atoms with Crippen LogP contribution in [0.15, 0.2) is 42.5 Å². The monoisotopic (exact) mass is 439 g/mol. The van der Waals surface area contributed by atoms with Gasteiger partial charge >= 0.3 is 6.03 Å². The van der Waals surface area contributed by atoms with Gasteiger partial charge in [0.25, 0.3) is 6.43 Å². The molecule has 2 amide bonds. The predicted octanol–water partition coefficient (Wildman–Crippen LogP) is 4.07. The minimum Gasteiger partial charge on any atom is -0.488 e. The van der Waals surface area contributed by atoms with E-state index in [4.69, 9.17) is 4.74 Å². The molecule has 0 bridgehead atoms. The molecule has 0 spiro atoms. The first kappa shape index (κ1) is 22.9. The van der Waals surface area contributed by atoms with Crippen molar-refractivity contribution < 1.29 is 27.1 Å². The highest BCUT2D eigenvalue weighted by Gasteiger charge is 2.26. The number of nitrogens with zero attached hydrogens (tertiary/aromatic N) is 1. The van der Waals surface area contributed by atoms with E-state index in [-0.39, 0.29) is 30.7 Å². The highest BCUT2D eigenvalue weighted by Crippen LogP contribution is 2.19. The Kier molecular flexibility index (Phi) is 8.11. The minimum atomic E-state index is -2.55. The van der Waals surface area contributed by atoms with Gasteiger partial charge in [-0.3, -0.25) is 0 Å². The second kappa shape index (κ2) is 11.0. The highest BCUT2D eigenvalue weighted by atomic mass is 19.3. The third-order valence-electron chi connectivity index (χ3n) is 5.11. The number of halogens is 4. The van der Waals surface area contributed by atoms with Gasteiger partial charge < -0.3 is 20.3 Å². The lowest BCUT2D eigenvalue weighted by molar-refractivity contribution is 0.0819. The van der Waals surface area contributed by atoms with Gasteiger partial charge in [0.05, 0.1) is 6.54 Å². The summed E-state index contributed by atoms with van der Waals surface area (Å²) in [4.78, 5) is 14.5. The Balaban J connectivity index is 1.64. The van der Waals surface area contributed by atoms with E-state index >= 15 is 0 Å². The molecule has 9 heteroatoms. The Morgan fingerprint density at radius 3 is 2.48 bits per heavy atom. The van der Waals surface area contributed by atoms with Crippen LogP contribution in [0.2, 0.25) is 0 Å². The number of amides is 2. The number of benzene rings is 2. The molecule has 5 nitrogen and oxygen atoms in total. The first-order chi connectivity index (χ1) is 14.9. The van der Waals surface area contributed by atoms with Crippen LogP contribution in [0, 0.1) is 11.6 Å². The van der Waals surface area contributed by atoms with Gasteiger partial charge in [-0.1, -0.05) is 18.2 Å².